The zero-order chi connectivity index (χ0) is 32.2. The number of likely N-dealkylation sites (N-methyl/N-ethyl adjacent to an activating group) is 1. The number of aromatic hydroxyl groups is 1. The number of ether oxygens (including phenoxy) is 1. The summed E-state index contributed by atoms with van der Waals surface area (Å²) in [7, 11) is 8.46. The highest BCUT2D eigenvalue weighted by Crippen LogP contribution is 2.54. The molecule has 1 fully saturated rings. The molecule has 4 atom stereocenters. The topological polar surface area (TPSA) is 174 Å². The number of hydrogen-bond acceptors (Lipinski definition) is 10. The molecule has 1 saturated carbocycles. The van der Waals surface area contributed by atoms with E-state index in [4.69, 9.17) is 10.5 Å². The minimum absolute atomic E-state index is 0.0417. The molecule has 44 heavy (non-hydrogen) atoms. The Balaban J connectivity index is 1.61. The summed E-state index contributed by atoms with van der Waals surface area (Å²) >= 11 is 0. The second kappa shape index (κ2) is 11.3. The summed E-state index contributed by atoms with van der Waals surface area (Å²) in [5.41, 5.74) is 4.82. The first-order valence-corrected chi connectivity index (χ1v) is 14.6. The first kappa shape index (κ1) is 31.1. The van der Waals surface area contributed by atoms with E-state index in [-0.39, 0.29) is 29.7 Å². The smallest absolute Gasteiger partial charge is 0.255 e. The number of carbonyl (C=O) groups is 3. The number of aliphatic hydroxyl groups excluding tert-OH is 2. The quantitative estimate of drug-likeness (QED) is 0.281. The fraction of sp³-hybridized carbons (Fsp3) is 0.424. The van der Waals surface area contributed by atoms with Crippen molar-refractivity contribution < 1.29 is 39.5 Å². The molecule has 1 amide bonds. The summed E-state index contributed by atoms with van der Waals surface area (Å²) in [6.45, 7) is 0. The first-order chi connectivity index (χ1) is 20.7. The van der Waals surface area contributed by atoms with Crippen LogP contribution in [0.3, 0.4) is 0 Å². The Morgan fingerprint density at radius 3 is 2.34 bits per heavy atom. The number of phenols is 1. The van der Waals surface area contributed by atoms with Crippen LogP contribution >= 0.6 is 0 Å². The molecule has 0 saturated heterocycles. The van der Waals surface area contributed by atoms with E-state index in [1.165, 1.54) is 4.90 Å². The van der Waals surface area contributed by atoms with E-state index in [1.54, 1.807) is 21.2 Å². The molecule has 1 unspecified atom stereocenters. The second-order valence-corrected chi connectivity index (χ2v) is 12.3. The lowest BCUT2D eigenvalue weighted by molar-refractivity contribution is -0.153. The lowest BCUT2D eigenvalue weighted by Crippen LogP contribution is -2.65. The van der Waals surface area contributed by atoms with E-state index >= 15 is 0 Å². The predicted octanol–water partition coefficient (Wildman–Crippen LogP) is 2.21. The Kier molecular flexibility index (Phi) is 7.98. The normalized spacial score (nSPS) is 24.7. The van der Waals surface area contributed by atoms with Crippen LogP contribution in [0.2, 0.25) is 0 Å². The van der Waals surface area contributed by atoms with Gasteiger partial charge in [-0.25, -0.2) is 0 Å². The van der Waals surface area contributed by atoms with E-state index < -0.39 is 58.0 Å². The van der Waals surface area contributed by atoms with Crippen LogP contribution in [0, 0.1) is 11.8 Å². The molecule has 0 bridgehead atoms. The van der Waals surface area contributed by atoms with Gasteiger partial charge in [0.25, 0.3) is 5.91 Å². The average molecular weight is 606 g/mol. The SMILES string of the molecule is COc1ccccc1CCCc1cc(N(C)C)c2c(c1O)C(O)=C1C(=O)[C@]3(O)C(O)=C(C(N)=O)C(=O)C(N(C)C)[C@@H]3C[C@@H]1C2. The lowest BCUT2D eigenvalue weighted by atomic mass is 9.57. The van der Waals surface area contributed by atoms with E-state index in [2.05, 4.69) is 0 Å². The molecule has 2 aromatic rings. The number of nitrogens with two attached hydrogens (primary N) is 1. The fourth-order valence-corrected chi connectivity index (χ4v) is 7.31. The number of aliphatic hydroxyl groups is 3. The number of aryl methyl sites for hydroxylation is 2. The minimum Gasteiger partial charge on any atom is -0.508 e. The summed E-state index contributed by atoms with van der Waals surface area (Å²) in [5, 5.41) is 46.1. The Morgan fingerprint density at radius 2 is 1.73 bits per heavy atom. The maximum Gasteiger partial charge on any atom is 0.255 e. The standard InChI is InChI=1S/C33H39N3O8/c1-35(2)21-15-17(11-8-10-16-9-6-7-12-22(16)44-5)27(37)24-19(21)13-18-14-20-26(36(3)4)29(39)25(32(34)42)31(41)33(20,43)30(40)23(18)28(24)38/h6-7,9,12,15,18,20,26,37-38,41,43H,8,10-11,13-14H2,1-5H3,(H2,34,42)/t18-,20-,26?,33-/m0/s1. The maximum absolute atomic E-state index is 14.1. The number of nitrogens with zero attached hydrogens (tertiary/aromatic N) is 2. The van der Waals surface area contributed by atoms with Crippen molar-refractivity contribution in [1.82, 2.24) is 4.90 Å². The highest BCUT2D eigenvalue weighted by atomic mass is 16.5. The van der Waals surface area contributed by atoms with Gasteiger partial charge in [0.15, 0.2) is 11.4 Å². The number of anilines is 1. The molecule has 5 rings (SSSR count). The third-order valence-electron chi connectivity index (χ3n) is 9.34. The fourth-order valence-electron chi connectivity index (χ4n) is 7.31. The zero-order valence-electron chi connectivity index (χ0n) is 25.5. The number of carbonyl (C=O) groups excluding carboxylic acids is 3. The zero-order valence-corrected chi connectivity index (χ0v) is 25.5. The third-order valence-corrected chi connectivity index (χ3v) is 9.34. The van der Waals surface area contributed by atoms with Crippen molar-refractivity contribution >= 4 is 28.9 Å². The van der Waals surface area contributed by atoms with Crippen LogP contribution in [-0.4, -0.2) is 89.7 Å². The van der Waals surface area contributed by atoms with Gasteiger partial charge in [0.1, 0.15) is 28.6 Å². The van der Waals surface area contributed by atoms with Crippen molar-refractivity contribution in [1.29, 1.82) is 0 Å². The number of Topliss-reactive ketones (excluding diaryl/α,β-unsaturated/α-hetero) is 2. The van der Waals surface area contributed by atoms with E-state index in [0.717, 1.165) is 17.0 Å². The molecule has 0 spiro atoms. The summed E-state index contributed by atoms with van der Waals surface area (Å²) in [6, 6.07) is 8.45. The van der Waals surface area contributed by atoms with Gasteiger partial charge < -0.3 is 35.8 Å². The van der Waals surface area contributed by atoms with Crippen LogP contribution in [0.1, 0.15) is 35.1 Å². The summed E-state index contributed by atoms with van der Waals surface area (Å²) in [4.78, 5) is 43.0. The Morgan fingerprint density at radius 1 is 1.07 bits per heavy atom. The van der Waals surface area contributed by atoms with Crippen LogP contribution in [-0.2, 0) is 33.6 Å². The van der Waals surface area contributed by atoms with Gasteiger partial charge in [-0.1, -0.05) is 18.2 Å². The van der Waals surface area contributed by atoms with Crippen LogP contribution in [0.15, 0.2) is 47.2 Å². The molecule has 0 aromatic heterocycles. The number of hydrogen-bond donors (Lipinski definition) is 5. The molecule has 3 aliphatic rings. The first-order valence-electron chi connectivity index (χ1n) is 14.6. The van der Waals surface area contributed by atoms with Gasteiger partial charge in [0.2, 0.25) is 5.78 Å². The Labute approximate surface area is 255 Å². The molecule has 11 nitrogen and oxygen atoms in total. The number of fused-ring (bicyclic) bond motifs is 3. The van der Waals surface area contributed by atoms with Crippen LogP contribution in [0.5, 0.6) is 11.5 Å². The maximum atomic E-state index is 14.1. The number of benzene rings is 2. The van der Waals surface area contributed by atoms with E-state index in [1.807, 2.05) is 49.3 Å². The number of amides is 1. The molecule has 234 valence electrons. The number of para-hydroxylation sites is 1. The number of rotatable bonds is 8. The molecule has 2 aromatic carbocycles. The monoisotopic (exact) mass is 605 g/mol. The molecule has 0 aliphatic heterocycles. The average Bonchev–Trinajstić information content (AvgIpc) is 2.95. The molecule has 11 heteroatoms. The van der Waals surface area contributed by atoms with Gasteiger partial charge in [-0.3, -0.25) is 19.3 Å². The van der Waals surface area contributed by atoms with Gasteiger partial charge >= 0.3 is 0 Å². The van der Waals surface area contributed by atoms with E-state index in [0.29, 0.717) is 30.4 Å². The number of ketones is 2. The highest BCUT2D eigenvalue weighted by Gasteiger charge is 2.64. The molecule has 3 aliphatic carbocycles. The summed E-state index contributed by atoms with van der Waals surface area (Å²) < 4.78 is 5.45. The summed E-state index contributed by atoms with van der Waals surface area (Å²) in [6.07, 6.45) is 2.08. The Bertz CT molecular complexity index is 1620. The predicted molar refractivity (Wildman–Crippen MR) is 164 cm³/mol. The molecular weight excluding hydrogens is 566 g/mol. The number of phenolic OH excluding ortho intramolecular Hbond substituents is 1. The molecule has 6 N–H and O–H groups in total. The van der Waals surface area contributed by atoms with Crippen LogP contribution in [0.25, 0.3) is 5.76 Å². The van der Waals surface area contributed by atoms with Crippen LogP contribution < -0.4 is 15.4 Å². The summed E-state index contributed by atoms with van der Waals surface area (Å²) in [5.74, 6) is -5.80. The van der Waals surface area contributed by atoms with E-state index in [9.17, 15) is 34.8 Å². The van der Waals surface area contributed by atoms with Gasteiger partial charge in [-0.2, -0.15) is 0 Å². The largest absolute Gasteiger partial charge is 0.508 e. The third kappa shape index (κ3) is 4.62. The molecule has 0 heterocycles. The highest BCUT2D eigenvalue weighted by molar-refractivity contribution is 6.24. The van der Waals surface area contributed by atoms with Crippen molar-refractivity contribution in [2.24, 2.45) is 17.6 Å². The minimum atomic E-state index is -2.67. The van der Waals surface area contributed by atoms with Crippen molar-refractivity contribution in [2.45, 2.75) is 43.7 Å². The van der Waals surface area contributed by atoms with Gasteiger partial charge in [0.05, 0.1) is 18.7 Å². The molecular formula is C33H39N3O8. The molecule has 0 radical (unpaired) electrons. The number of methoxy groups -OCH3 is 1. The van der Waals surface area contributed by atoms with Gasteiger partial charge in [0, 0.05) is 31.3 Å². The van der Waals surface area contributed by atoms with Crippen molar-refractivity contribution in [2.75, 3.05) is 40.2 Å². The number of primary amides is 1. The second-order valence-electron chi connectivity index (χ2n) is 12.3. The van der Waals surface area contributed by atoms with Crippen molar-refractivity contribution in [3.8, 4) is 11.5 Å². The van der Waals surface area contributed by atoms with Gasteiger partial charge in [-0.05, 0) is 80.9 Å². The van der Waals surface area contributed by atoms with Crippen molar-refractivity contribution in [3.63, 3.8) is 0 Å². The van der Waals surface area contributed by atoms with Crippen molar-refractivity contribution in [3.05, 3.63) is 69.5 Å². The Hall–Kier alpha value is -4.35. The lowest BCUT2D eigenvalue weighted by Gasteiger charge is -2.50. The van der Waals surface area contributed by atoms with Crippen LogP contribution in [0.4, 0.5) is 5.69 Å². The van der Waals surface area contributed by atoms with Gasteiger partial charge in [-0.15, -0.1) is 0 Å².